The van der Waals surface area contributed by atoms with Gasteiger partial charge >= 0.3 is 0 Å². The Morgan fingerprint density at radius 2 is 1.59 bits per heavy atom. The fraction of sp³-hybridized carbons (Fsp3) is 0.333. The molecule has 3 rings (SSSR count). The summed E-state index contributed by atoms with van der Waals surface area (Å²) in [5, 5.41) is 0. The van der Waals surface area contributed by atoms with Gasteiger partial charge in [0, 0.05) is 19.6 Å². The van der Waals surface area contributed by atoms with E-state index in [1.54, 1.807) is 21.3 Å². The van der Waals surface area contributed by atoms with Crippen LogP contribution < -0.4 is 14.2 Å². The Bertz CT molecular complexity index is 636. The van der Waals surface area contributed by atoms with Gasteiger partial charge in [-0.05, 0) is 29.3 Å². The molecule has 2 aromatic carbocycles. The van der Waals surface area contributed by atoms with Crippen molar-refractivity contribution < 1.29 is 18.9 Å². The molecule has 0 N–H and O–H groups in total. The van der Waals surface area contributed by atoms with Crippen molar-refractivity contribution in [3.8, 4) is 17.2 Å². The number of hydrogen-bond donors (Lipinski definition) is 0. The zero-order chi connectivity index (χ0) is 15.5. The molecule has 0 unspecified atom stereocenters. The summed E-state index contributed by atoms with van der Waals surface area (Å²) in [6.45, 7) is 0. The molecular formula is C18H20O4. The smallest absolute Gasteiger partial charge is 0.150 e. The topological polar surface area (TPSA) is 36.9 Å². The van der Waals surface area contributed by atoms with Crippen LogP contribution in [0.4, 0.5) is 0 Å². The monoisotopic (exact) mass is 300 g/mol. The molecule has 1 aliphatic rings. The van der Waals surface area contributed by atoms with Crippen molar-refractivity contribution in [3.63, 3.8) is 0 Å². The first-order valence-electron chi connectivity index (χ1n) is 7.25. The van der Waals surface area contributed by atoms with E-state index in [0.29, 0.717) is 0 Å². The van der Waals surface area contributed by atoms with Gasteiger partial charge in [0.15, 0.2) is 6.10 Å². The maximum Gasteiger partial charge on any atom is 0.150 e. The fourth-order valence-corrected chi connectivity index (χ4v) is 2.76. The predicted octanol–water partition coefficient (Wildman–Crippen LogP) is 3.40. The average Bonchev–Trinajstić information content (AvgIpc) is 2.60. The lowest BCUT2D eigenvalue weighted by Gasteiger charge is -2.33. The Kier molecular flexibility index (Phi) is 4.20. The third-order valence-corrected chi connectivity index (χ3v) is 4.03. The standard InChI is InChI=1S/C18H20O4/c1-19-14-7-4-12(5-8-14)18-17(21-3)10-13-6-9-15(20-2)11-16(13)22-18/h4-9,11,17-18H,10H2,1-3H3/t17-,18-/m1/s1. The largest absolute Gasteiger partial charge is 0.497 e. The van der Waals surface area contributed by atoms with Gasteiger partial charge in [0.05, 0.1) is 14.2 Å². The summed E-state index contributed by atoms with van der Waals surface area (Å²) in [4.78, 5) is 0. The van der Waals surface area contributed by atoms with Crippen LogP contribution in [-0.2, 0) is 11.2 Å². The van der Waals surface area contributed by atoms with Gasteiger partial charge in [-0.3, -0.25) is 0 Å². The van der Waals surface area contributed by atoms with Crippen LogP contribution in [0.1, 0.15) is 17.2 Å². The van der Waals surface area contributed by atoms with Crippen molar-refractivity contribution in [2.45, 2.75) is 18.6 Å². The minimum absolute atomic E-state index is 0.0192. The molecule has 0 fully saturated rings. The van der Waals surface area contributed by atoms with Crippen molar-refractivity contribution >= 4 is 0 Å². The van der Waals surface area contributed by atoms with Crippen LogP contribution in [0.15, 0.2) is 42.5 Å². The van der Waals surface area contributed by atoms with Crippen LogP contribution in [0.5, 0.6) is 17.2 Å². The van der Waals surface area contributed by atoms with Crippen molar-refractivity contribution in [2.24, 2.45) is 0 Å². The molecule has 0 amide bonds. The van der Waals surface area contributed by atoms with Gasteiger partial charge in [-0.2, -0.15) is 0 Å². The number of rotatable bonds is 4. The molecule has 0 aromatic heterocycles. The highest BCUT2D eigenvalue weighted by atomic mass is 16.5. The lowest BCUT2D eigenvalue weighted by Crippen LogP contribution is -2.32. The molecule has 4 heteroatoms. The van der Waals surface area contributed by atoms with E-state index in [1.165, 1.54) is 0 Å². The van der Waals surface area contributed by atoms with E-state index in [9.17, 15) is 0 Å². The van der Waals surface area contributed by atoms with Gasteiger partial charge in [-0.15, -0.1) is 0 Å². The number of methoxy groups -OCH3 is 3. The molecule has 2 atom stereocenters. The van der Waals surface area contributed by atoms with E-state index in [4.69, 9.17) is 18.9 Å². The first kappa shape index (κ1) is 14.7. The van der Waals surface area contributed by atoms with Crippen molar-refractivity contribution in [2.75, 3.05) is 21.3 Å². The van der Waals surface area contributed by atoms with Gasteiger partial charge in [0.1, 0.15) is 23.4 Å². The zero-order valence-corrected chi connectivity index (χ0v) is 13.0. The molecular weight excluding hydrogens is 280 g/mol. The van der Waals surface area contributed by atoms with Crippen molar-refractivity contribution in [1.82, 2.24) is 0 Å². The molecule has 0 saturated heterocycles. The zero-order valence-electron chi connectivity index (χ0n) is 13.0. The minimum Gasteiger partial charge on any atom is -0.497 e. The van der Waals surface area contributed by atoms with E-state index < -0.39 is 0 Å². The second kappa shape index (κ2) is 6.28. The van der Waals surface area contributed by atoms with Gasteiger partial charge in [0.2, 0.25) is 0 Å². The second-order valence-corrected chi connectivity index (χ2v) is 5.26. The van der Waals surface area contributed by atoms with E-state index in [-0.39, 0.29) is 12.2 Å². The first-order chi connectivity index (χ1) is 10.7. The fourth-order valence-electron chi connectivity index (χ4n) is 2.76. The summed E-state index contributed by atoms with van der Waals surface area (Å²) in [6.07, 6.45) is 0.650. The van der Waals surface area contributed by atoms with E-state index in [1.807, 2.05) is 42.5 Å². The molecule has 1 aliphatic heterocycles. The van der Waals surface area contributed by atoms with Crippen molar-refractivity contribution in [1.29, 1.82) is 0 Å². The third-order valence-electron chi connectivity index (χ3n) is 4.03. The Labute approximate surface area is 130 Å². The maximum atomic E-state index is 6.19. The molecule has 0 bridgehead atoms. The Morgan fingerprint density at radius 3 is 2.23 bits per heavy atom. The van der Waals surface area contributed by atoms with Crippen LogP contribution in [0.3, 0.4) is 0 Å². The molecule has 0 aliphatic carbocycles. The summed E-state index contributed by atoms with van der Waals surface area (Å²) < 4.78 is 22.3. The van der Waals surface area contributed by atoms with E-state index in [2.05, 4.69) is 0 Å². The average molecular weight is 300 g/mol. The molecule has 4 nitrogen and oxygen atoms in total. The number of hydrogen-bond acceptors (Lipinski definition) is 4. The van der Waals surface area contributed by atoms with Crippen LogP contribution in [0.2, 0.25) is 0 Å². The molecule has 116 valence electrons. The van der Waals surface area contributed by atoms with Crippen LogP contribution in [-0.4, -0.2) is 27.4 Å². The lowest BCUT2D eigenvalue weighted by molar-refractivity contribution is -0.0115. The SMILES string of the molecule is COc1ccc([C@H]2Oc3cc(OC)ccc3C[C@H]2OC)cc1. The first-order valence-corrected chi connectivity index (χ1v) is 7.25. The van der Waals surface area contributed by atoms with Crippen LogP contribution in [0.25, 0.3) is 0 Å². The quantitative estimate of drug-likeness (QED) is 0.867. The molecule has 2 aromatic rings. The van der Waals surface area contributed by atoms with Gasteiger partial charge in [-0.25, -0.2) is 0 Å². The predicted molar refractivity (Wildman–Crippen MR) is 83.9 cm³/mol. The van der Waals surface area contributed by atoms with Crippen LogP contribution >= 0.6 is 0 Å². The van der Waals surface area contributed by atoms with Gasteiger partial charge < -0.3 is 18.9 Å². The van der Waals surface area contributed by atoms with Gasteiger partial charge in [0.25, 0.3) is 0 Å². The lowest BCUT2D eigenvalue weighted by atomic mass is 9.94. The summed E-state index contributed by atoms with van der Waals surface area (Å²) >= 11 is 0. The Morgan fingerprint density at radius 1 is 0.909 bits per heavy atom. The van der Waals surface area contributed by atoms with Crippen molar-refractivity contribution in [3.05, 3.63) is 53.6 Å². The summed E-state index contributed by atoms with van der Waals surface area (Å²) in [5.41, 5.74) is 2.21. The number of fused-ring (bicyclic) bond motifs is 1. The highest BCUT2D eigenvalue weighted by Crippen LogP contribution is 2.38. The second-order valence-electron chi connectivity index (χ2n) is 5.26. The number of ether oxygens (including phenoxy) is 4. The summed E-state index contributed by atoms with van der Waals surface area (Å²) in [5.74, 6) is 2.48. The van der Waals surface area contributed by atoms with E-state index in [0.717, 1.165) is 34.8 Å². The molecule has 0 saturated carbocycles. The highest BCUT2D eigenvalue weighted by molar-refractivity contribution is 5.44. The van der Waals surface area contributed by atoms with E-state index >= 15 is 0 Å². The molecule has 1 heterocycles. The molecule has 0 spiro atoms. The summed E-state index contributed by atoms with van der Waals surface area (Å²) in [7, 11) is 5.04. The number of benzene rings is 2. The maximum absolute atomic E-state index is 6.19. The summed E-state index contributed by atoms with van der Waals surface area (Å²) in [6, 6.07) is 13.8. The van der Waals surface area contributed by atoms with Gasteiger partial charge in [-0.1, -0.05) is 18.2 Å². The Hall–Kier alpha value is -2.20. The third kappa shape index (κ3) is 2.74. The molecule has 22 heavy (non-hydrogen) atoms. The van der Waals surface area contributed by atoms with Crippen LogP contribution in [0, 0.1) is 0 Å². The minimum atomic E-state index is -0.143. The Balaban J connectivity index is 1.92. The molecule has 0 radical (unpaired) electrons. The highest BCUT2D eigenvalue weighted by Gasteiger charge is 2.31. The normalized spacial score (nSPS) is 20.0.